The lowest BCUT2D eigenvalue weighted by Crippen LogP contribution is -2.18. The Bertz CT molecular complexity index is 1320. The summed E-state index contributed by atoms with van der Waals surface area (Å²) in [5.74, 6) is -0.440. The summed E-state index contributed by atoms with van der Waals surface area (Å²) in [6, 6.07) is 5.39. The van der Waals surface area contributed by atoms with Crippen LogP contribution in [-0.4, -0.2) is 44.4 Å². The highest BCUT2D eigenvalue weighted by Gasteiger charge is 2.26. The Morgan fingerprint density at radius 1 is 1.24 bits per heavy atom. The van der Waals surface area contributed by atoms with Crippen molar-refractivity contribution >= 4 is 57.5 Å². The van der Waals surface area contributed by atoms with E-state index in [-0.39, 0.29) is 39.8 Å². The number of aryl methyl sites for hydroxylation is 1. The van der Waals surface area contributed by atoms with E-state index >= 15 is 0 Å². The lowest BCUT2D eigenvalue weighted by molar-refractivity contribution is -0.113. The number of nitrogens with one attached hydrogen (secondary N) is 1. The Kier molecular flexibility index (Phi) is 9.57. The second-order valence-electron chi connectivity index (χ2n) is 8.26. The molecule has 0 saturated carbocycles. The summed E-state index contributed by atoms with van der Waals surface area (Å²) in [5, 5.41) is 12.5. The molecule has 0 aliphatic carbocycles. The number of aromatic nitrogens is 3. The van der Waals surface area contributed by atoms with Gasteiger partial charge in [0.25, 0.3) is 5.91 Å². The van der Waals surface area contributed by atoms with Crippen molar-refractivity contribution in [1.82, 2.24) is 14.8 Å². The fourth-order valence-corrected chi connectivity index (χ4v) is 5.36. The predicted octanol–water partition coefficient (Wildman–Crippen LogP) is 4.60. The molecule has 0 unspecified atom stereocenters. The lowest BCUT2D eigenvalue weighted by atomic mass is 10.1. The second kappa shape index (κ2) is 12.4. The zero-order chi connectivity index (χ0) is 27.3. The van der Waals surface area contributed by atoms with E-state index in [9.17, 15) is 14.4 Å². The molecule has 0 saturated heterocycles. The highest BCUT2D eigenvalue weighted by Crippen LogP contribution is 2.34. The van der Waals surface area contributed by atoms with Crippen molar-refractivity contribution in [3.05, 3.63) is 50.6 Å². The van der Waals surface area contributed by atoms with Crippen LogP contribution >= 0.6 is 34.7 Å². The van der Waals surface area contributed by atoms with Gasteiger partial charge in [0.15, 0.2) is 11.0 Å². The number of halogens is 1. The first-order valence-electron chi connectivity index (χ1n) is 11.4. The number of thioether (sulfide) groups is 1. The third-order valence-corrected chi connectivity index (χ3v) is 7.72. The monoisotopic (exact) mass is 565 g/mol. The van der Waals surface area contributed by atoms with Gasteiger partial charge in [0.05, 0.1) is 22.3 Å². The summed E-state index contributed by atoms with van der Waals surface area (Å²) in [6.07, 6.45) is -0.370. The summed E-state index contributed by atoms with van der Waals surface area (Å²) in [7, 11) is 0. The van der Waals surface area contributed by atoms with Gasteiger partial charge in [-0.3, -0.25) is 9.59 Å². The number of ether oxygens (including phenoxy) is 2. The zero-order valence-electron chi connectivity index (χ0n) is 21.1. The van der Waals surface area contributed by atoms with Gasteiger partial charge in [0, 0.05) is 11.6 Å². The van der Waals surface area contributed by atoms with Crippen LogP contribution in [0.1, 0.15) is 57.8 Å². The minimum atomic E-state index is -0.685. The van der Waals surface area contributed by atoms with Crippen LogP contribution in [0, 0.1) is 13.8 Å². The number of carbonyl (C=O) groups excluding carboxylic acids is 3. The Morgan fingerprint density at radius 3 is 2.59 bits per heavy atom. The molecule has 2 heterocycles. The topological polar surface area (TPSA) is 138 Å². The number of amides is 2. The largest absolute Gasteiger partial charge is 0.486 e. The average molecular weight is 566 g/mol. The van der Waals surface area contributed by atoms with E-state index in [0.29, 0.717) is 33.9 Å². The van der Waals surface area contributed by atoms with E-state index in [2.05, 4.69) is 15.5 Å². The second-order valence-corrected chi connectivity index (χ2v) is 10.6. The molecule has 3 rings (SSSR count). The quantitative estimate of drug-likeness (QED) is 0.254. The average Bonchev–Trinajstić information content (AvgIpc) is 3.37. The highest BCUT2D eigenvalue weighted by molar-refractivity contribution is 7.99. The van der Waals surface area contributed by atoms with Crippen molar-refractivity contribution in [1.29, 1.82) is 0 Å². The third kappa shape index (κ3) is 7.02. The molecule has 3 N–H and O–H groups in total. The number of thiophene rings is 1. The van der Waals surface area contributed by atoms with E-state index in [1.54, 1.807) is 32.9 Å². The maximum atomic E-state index is 12.8. The van der Waals surface area contributed by atoms with E-state index in [4.69, 9.17) is 26.8 Å². The minimum absolute atomic E-state index is 0.00309. The number of hydrogen-bond acceptors (Lipinski definition) is 9. The maximum absolute atomic E-state index is 12.8. The predicted molar refractivity (Wildman–Crippen MR) is 144 cm³/mol. The van der Waals surface area contributed by atoms with Crippen molar-refractivity contribution in [2.45, 2.75) is 59.0 Å². The van der Waals surface area contributed by atoms with Gasteiger partial charge in [0.1, 0.15) is 17.4 Å². The fourth-order valence-electron chi connectivity index (χ4n) is 3.35. The van der Waals surface area contributed by atoms with Crippen molar-refractivity contribution in [3.8, 4) is 5.75 Å². The number of primary amides is 1. The zero-order valence-corrected chi connectivity index (χ0v) is 23.5. The molecule has 3 aromatic rings. The molecule has 0 bridgehead atoms. The van der Waals surface area contributed by atoms with Gasteiger partial charge >= 0.3 is 5.97 Å². The fraction of sp³-hybridized carbons (Fsp3) is 0.375. The van der Waals surface area contributed by atoms with Crippen LogP contribution in [0.2, 0.25) is 5.02 Å². The van der Waals surface area contributed by atoms with Crippen LogP contribution in [0.15, 0.2) is 23.4 Å². The summed E-state index contributed by atoms with van der Waals surface area (Å²) in [6.45, 7) is 9.62. The van der Waals surface area contributed by atoms with Crippen LogP contribution in [0.4, 0.5) is 5.00 Å². The molecule has 0 aliphatic heterocycles. The van der Waals surface area contributed by atoms with Gasteiger partial charge in [-0.15, -0.1) is 21.5 Å². The SMILES string of the molecule is CCn1c(COc2ccc(Cl)c(C)c2)nnc1SCC(=O)Nc1sc(C(N)=O)c(C)c1C(=O)OC(C)C. The molecule has 198 valence electrons. The number of benzene rings is 1. The van der Waals surface area contributed by atoms with Crippen LogP contribution in [0.3, 0.4) is 0 Å². The van der Waals surface area contributed by atoms with Crippen LogP contribution in [-0.2, 0) is 22.7 Å². The molecule has 13 heteroatoms. The Balaban J connectivity index is 1.68. The maximum Gasteiger partial charge on any atom is 0.341 e. The highest BCUT2D eigenvalue weighted by atomic mass is 35.5. The van der Waals surface area contributed by atoms with Crippen molar-refractivity contribution in [2.75, 3.05) is 11.1 Å². The standard InChI is InChI=1S/C24H28ClN5O5S2/c1-6-30-17(10-34-15-7-8-16(25)13(4)9-15)28-29-24(30)36-11-18(31)27-22-19(23(33)35-12(2)3)14(5)20(37-22)21(26)32/h7-9,12H,6,10-11H2,1-5H3,(H2,26,32)(H,27,31). The van der Waals surface area contributed by atoms with Crippen LogP contribution in [0.5, 0.6) is 5.75 Å². The summed E-state index contributed by atoms with van der Waals surface area (Å²) < 4.78 is 13.0. The van der Waals surface area contributed by atoms with Gasteiger partial charge in [-0.1, -0.05) is 23.4 Å². The summed E-state index contributed by atoms with van der Waals surface area (Å²) >= 11 is 8.20. The van der Waals surface area contributed by atoms with E-state index in [1.807, 2.05) is 24.5 Å². The minimum Gasteiger partial charge on any atom is -0.486 e. The molecule has 0 aliphatic rings. The van der Waals surface area contributed by atoms with Crippen LogP contribution < -0.4 is 15.8 Å². The number of anilines is 1. The number of hydrogen-bond donors (Lipinski definition) is 2. The summed E-state index contributed by atoms with van der Waals surface area (Å²) in [4.78, 5) is 37.4. The molecular weight excluding hydrogens is 538 g/mol. The Hall–Kier alpha value is -3.09. The normalized spacial score (nSPS) is 11.0. The first-order chi connectivity index (χ1) is 17.5. The molecule has 0 radical (unpaired) electrons. The molecular formula is C24H28ClN5O5S2. The van der Waals surface area contributed by atoms with Crippen LogP contribution in [0.25, 0.3) is 0 Å². The number of rotatable bonds is 11. The first kappa shape index (κ1) is 28.5. The number of carbonyl (C=O) groups is 3. The van der Waals surface area contributed by atoms with Gasteiger partial charge in [-0.25, -0.2) is 4.79 Å². The van der Waals surface area contributed by atoms with Gasteiger partial charge < -0.3 is 25.1 Å². The Morgan fingerprint density at radius 2 is 1.97 bits per heavy atom. The van der Waals surface area contributed by atoms with Crippen molar-refractivity contribution in [3.63, 3.8) is 0 Å². The first-order valence-corrected chi connectivity index (χ1v) is 13.6. The Labute approximate surface area is 227 Å². The van der Waals surface area contributed by atoms with E-state index < -0.39 is 11.9 Å². The molecule has 0 fully saturated rings. The number of nitrogens with two attached hydrogens (primary N) is 1. The lowest BCUT2D eigenvalue weighted by Gasteiger charge is -2.11. The summed E-state index contributed by atoms with van der Waals surface area (Å²) in [5.41, 5.74) is 6.84. The molecule has 1 aromatic carbocycles. The van der Waals surface area contributed by atoms with Crippen molar-refractivity contribution in [2.24, 2.45) is 5.73 Å². The third-order valence-electron chi connectivity index (χ3n) is 5.11. The molecule has 0 atom stereocenters. The molecule has 37 heavy (non-hydrogen) atoms. The molecule has 10 nitrogen and oxygen atoms in total. The number of nitrogens with zero attached hydrogens (tertiary/aromatic N) is 3. The molecule has 0 spiro atoms. The molecule has 2 aromatic heterocycles. The molecule has 2 amide bonds. The van der Waals surface area contributed by atoms with Gasteiger partial charge in [-0.2, -0.15) is 0 Å². The van der Waals surface area contributed by atoms with E-state index in [1.165, 1.54) is 11.8 Å². The van der Waals surface area contributed by atoms with Crippen molar-refractivity contribution < 1.29 is 23.9 Å². The van der Waals surface area contributed by atoms with Gasteiger partial charge in [-0.05, 0) is 63.9 Å². The number of esters is 1. The smallest absolute Gasteiger partial charge is 0.341 e. The van der Waals surface area contributed by atoms with Gasteiger partial charge in [0.2, 0.25) is 5.91 Å². The van der Waals surface area contributed by atoms with E-state index in [0.717, 1.165) is 16.9 Å².